The molecule has 1 heteroatoms. The van der Waals surface area contributed by atoms with Crippen molar-refractivity contribution in [2.45, 2.75) is 46.0 Å². The van der Waals surface area contributed by atoms with E-state index in [9.17, 15) is 0 Å². The fourth-order valence-corrected chi connectivity index (χ4v) is 1.17. The lowest BCUT2D eigenvalue weighted by Gasteiger charge is -2.02. The Hall–Kier alpha value is -0.300. The highest BCUT2D eigenvalue weighted by Gasteiger charge is 1.92. The molecule has 66 valence electrons. The van der Waals surface area contributed by atoms with Crippen LogP contribution in [0.25, 0.3) is 0 Å². The van der Waals surface area contributed by atoms with E-state index in [2.05, 4.69) is 19.9 Å². The summed E-state index contributed by atoms with van der Waals surface area (Å²) in [4.78, 5) is 0. The van der Waals surface area contributed by atoms with Crippen molar-refractivity contribution in [3.63, 3.8) is 0 Å². The highest BCUT2D eigenvalue weighted by Crippen LogP contribution is 2.11. The number of hydrogen-bond acceptors (Lipinski definition) is 1. The molecule has 0 aliphatic rings. The molecule has 0 fully saturated rings. The zero-order valence-corrected chi connectivity index (χ0v) is 7.77. The predicted octanol–water partition coefficient (Wildman–Crippen LogP) is 2.90. The van der Waals surface area contributed by atoms with Crippen molar-refractivity contribution in [1.82, 2.24) is 0 Å². The van der Waals surface area contributed by atoms with Crippen molar-refractivity contribution < 1.29 is 5.11 Å². The van der Waals surface area contributed by atoms with Gasteiger partial charge in [0, 0.05) is 6.61 Å². The first kappa shape index (κ1) is 10.7. The van der Waals surface area contributed by atoms with E-state index in [4.69, 9.17) is 5.11 Å². The van der Waals surface area contributed by atoms with Crippen LogP contribution in [0.1, 0.15) is 46.0 Å². The van der Waals surface area contributed by atoms with Gasteiger partial charge in [0.15, 0.2) is 0 Å². The maximum atomic E-state index is 8.53. The topological polar surface area (TPSA) is 20.2 Å². The zero-order chi connectivity index (χ0) is 8.53. The third-order valence-electron chi connectivity index (χ3n) is 2.02. The highest BCUT2D eigenvalue weighted by molar-refractivity contribution is 4.98. The van der Waals surface area contributed by atoms with Crippen LogP contribution in [0.4, 0.5) is 0 Å². The molecule has 0 aliphatic heterocycles. The fourth-order valence-electron chi connectivity index (χ4n) is 1.17. The monoisotopic (exact) mass is 156 g/mol. The Bertz CT molecular complexity index is 105. The minimum Gasteiger partial charge on any atom is -0.396 e. The molecule has 1 N–H and O–H groups in total. The van der Waals surface area contributed by atoms with E-state index >= 15 is 0 Å². The summed E-state index contributed by atoms with van der Waals surface area (Å²) in [6, 6.07) is 0. The number of unbranched alkanes of at least 4 members (excludes halogenated alkanes) is 2. The van der Waals surface area contributed by atoms with E-state index in [1.807, 2.05) is 0 Å². The Morgan fingerprint density at radius 3 is 2.45 bits per heavy atom. The van der Waals surface area contributed by atoms with E-state index < -0.39 is 0 Å². The van der Waals surface area contributed by atoms with Crippen molar-refractivity contribution in [2.75, 3.05) is 6.61 Å². The Labute approximate surface area is 70.1 Å². The van der Waals surface area contributed by atoms with Gasteiger partial charge >= 0.3 is 0 Å². The molecule has 0 saturated heterocycles. The van der Waals surface area contributed by atoms with Gasteiger partial charge in [-0.05, 0) is 32.6 Å². The Morgan fingerprint density at radius 2 is 2.00 bits per heavy atom. The molecule has 0 rings (SSSR count). The third-order valence-corrected chi connectivity index (χ3v) is 2.02. The van der Waals surface area contributed by atoms with Gasteiger partial charge in [0.1, 0.15) is 0 Å². The maximum Gasteiger partial charge on any atom is 0.0431 e. The average Bonchev–Trinajstić information content (AvgIpc) is 2.05. The van der Waals surface area contributed by atoms with Gasteiger partial charge in [-0.25, -0.2) is 0 Å². The van der Waals surface area contributed by atoms with Gasteiger partial charge in [-0.2, -0.15) is 0 Å². The molecule has 1 nitrogen and oxygen atoms in total. The lowest BCUT2D eigenvalue weighted by atomic mass is 10.1. The van der Waals surface area contributed by atoms with Gasteiger partial charge in [-0.3, -0.25) is 0 Å². The van der Waals surface area contributed by atoms with Crippen LogP contribution in [0.15, 0.2) is 11.6 Å². The van der Waals surface area contributed by atoms with Crippen LogP contribution in [0, 0.1) is 0 Å². The summed E-state index contributed by atoms with van der Waals surface area (Å²) in [6.45, 7) is 4.64. The second-order valence-corrected chi connectivity index (χ2v) is 2.83. The molecule has 0 atom stereocenters. The Kier molecular flexibility index (Phi) is 7.59. The van der Waals surface area contributed by atoms with Crippen LogP contribution in [0.5, 0.6) is 0 Å². The van der Waals surface area contributed by atoms with Crippen LogP contribution in [-0.2, 0) is 0 Å². The van der Waals surface area contributed by atoms with E-state index in [0.29, 0.717) is 6.61 Å². The molecular weight excluding hydrogens is 136 g/mol. The van der Waals surface area contributed by atoms with Crippen molar-refractivity contribution in [3.8, 4) is 0 Å². The molecule has 0 aromatic rings. The molecule has 11 heavy (non-hydrogen) atoms. The number of hydrogen-bond donors (Lipinski definition) is 1. The van der Waals surface area contributed by atoms with Crippen LogP contribution in [-0.4, -0.2) is 11.7 Å². The third kappa shape index (κ3) is 6.11. The average molecular weight is 156 g/mol. The summed E-state index contributed by atoms with van der Waals surface area (Å²) in [5, 5.41) is 8.53. The first-order chi connectivity index (χ1) is 5.35. The molecule has 0 unspecified atom stereocenters. The Balaban J connectivity index is 3.22. The van der Waals surface area contributed by atoms with Crippen molar-refractivity contribution >= 4 is 0 Å². The van der Waals surface area contributed by atoms with Crippen LogP contribution in [0.3, 0.4) is 0 Å². The highest BCUT2D eigenvalue weighted by atomic mass is 16.2. The van der Waals surface area contributed by atoms with E-state index in [0.717, 1.165) is 12.8 Å². The molecule has 0 spiro atoms. The van der Waals surface area contributed by atoms with Crippen LogP contribution in [0.2, 0.25) is 0 Å². The van der Waals surface area contributed by atoms with E-state index in [1.54, 1.807) is 5.57 Å². The molecule has 0 aromatic heterocycles. The second kappa shape index (κ2) is 7.80. The van der Waals surface area contributed by atoms with Crippen LogP contribution < -0.4 is 0 Å². The van der Waals surface area contributed by atoms with Gasteiger partial charge in [0.05, 0.1) is 0 Å². The van der Waals surface area contributed by atoms with Gasteiger partial charge in [-0.15, -0.1) is 0 Å². The Morgan fingerprint density at radius 1 is 1.27 bits per heavy atom. The quantitative estimate of drug-likeness (QED) is 0.463. The number of aliphatic hydroxyl groups excluding tert-OH is 1. The molecular formula is C10H20O. The summed E-state index contributed by atoms with van der Waals surface area (Å²) in [7, 11) is 0. The largest absolute Gasteiger partial charge is 0.396 e. The van der Waals surface area contributed by atoms with Gasteiger partial charge in [0.2, 0.25) is 0 Å². The summed E-state index contributed by atoms with van der Waals surface area (Å²) in [5.41, 5.74) is 1.54. The van der Waals surface area contributed by atoms with E-state index in [1.165, 1.54) is 19.3 Å². The van der Waals surface area contributed by atoms with Gasteiger partial charge in [0.25, 0.3) is 0 Å². The normalized spacial score (nSPS) is 12.1. The van der Waals surface area contributed by atoms with E-state index in [-0.39, 0.29) is 0 Å². The summed E-state index contributed by atoms with van der Waals surface area (Å²) in [6.07, 6.45) is 7.95. The second-order valence-electron chi connectivity index (χ2n) is 2.83. The fraction of sp³-hybridized carbons (Fsp3) is 0.800. The lowest BCUT2D eigenvalue weighted by molar-refractivity contribution is 0.283. The molecule has 0 radical (unpaired) electrons. The number of rotatable bonds is 6. The van der Waals surface area contributed by atoms with Crippen LogP contribution >= 0.6 is 0 Å². The summed E-state index contributed by atoms with van der Waals surface area (Å²) in [5.74, 6) is 0. The smallest absolute Gasteiger partial charge is 0.0431 e. The van der Waals surface area contributed by atoms with Crippen molar-refractivity contribution in [1.29, 1.82) is 0 Å². The molecule has 0 bridgehead atoms. The van der Waals surface area contributed by atoms with Crippen molar-refractivity contribution in [3.05, 3.63) is 11.6 Å². The standard InChI is InChI=1S/C10H20O/c1-3-10(4-2)8-6-5-7-9-11/h3,11H,4-9H2,1-2H3/b10-3-. The number of allylic oxidation sites excluding steroid dienone is 2. The molecule has 0 aromatic carbocycles. The first-order valence-corrected chi connectivity index (χ1v) is 4.60. The minimum absolute atomic E-state index is 0.345. The first-order valence-electron chi connectivity index (χ1n) is 4.60. The summed E-state index contributed by atoms with van der Waals surface area (Å²) < 4.78 is 0. The van der Waals surface area contributed by atoms with Gasteiger partial charge < -0.3 is 5.11 Å². The predicted molar refractivity (Wildman–Crippen MR) is 49.6 cm³/mol. The molecule has 0 aliphatic carbocycles. The SMILES string of the molecule is C/C=C(/CC)CCCCCO. The zero-order valence-electron chi connectivity index (χ0n) is 7.77. The maximum absolute atomic E-state index is 8.53. The summed E-state index contributed by atoms with van der Waals surface area (Å²) >= 11 is 0. The molecule has 0 amide bonds. The minimum atomic E-state index is 0.345. The molecule has 0 heterocycles. The lowest BCUT2D eigenvalue weighted by Crippen LogP contribution is -1.85. The number of aliphatic hydroxyl groups is 1. The van der Waals surface area contributed by atoms with Crippen molar-refractivity contribution in [2.24, 2.45) is 0 Å². The van der Waals surface area contributed by atoms with Gasteiger partial charge in [-0.1, -0.05) is 25.0 Å². The molecule has 0 saturated carbocycles.